The summed E-state index contributed by atoms with van der Waals surface area (Å²) in [5, 5.41) is 12.0. The fourth-order valence-corrected chi connectivity index (χ4v) is 1.56. The molecule has 0 bridgehead atoms. The summed E-state index contributed by atoms with van der Waals surface area (Å²) >= 11 is 0. The van der Waals surface area contributed by atoms with Crippen LogP contribution in [0.2, 0.25) is 0 Å². The summed E-state index contributed by atoms with van der Waals surface area (Å²) in [5.74, 6) is -0.394. The van der Waals surface area contributed by atoms with Gasteiger partial charge in [0.05, 0.1) is 13.2 Å². The maximum Gasteiger partial charge on any atom is 0.320 e. The van der Waals surface area contributed by atoms with Gasteiger partial charge < -0.3 is 19.9 Å². The van der Waals surface area contributed by atoms with E-state index in [9.17, 15) is 4.79 Å². The fourth-order valence-electron chi connectivity index (χ4n) is 1.56. The Hall–Kier alpha value is -0.650. The van der Waals surface area contributed by atoms with Gasteiger partial charge in [-0.1, -0.05) is 0 Å². The van der Waals surface area contributed by atoms with Crippen molar-refractivity contribution in [3.8, 4) is 0 Å². The highest BCUT2D eigenvalue weighted by molar-refractivity contribution is 5.74. The van der Waals surface area contributed by atoms with Crippen molar-refractivity contribution in [3.63, 3.8) is 0 Å². The summed E-state index contributed by atoms with van der Waals surface area (Å²) in [6, 6.07) is -0.362. The van der Waals surface area contributed by atoms with Crippen molar-refractivity contribution >= 4 is 5.97 Å². The molecule has 1 atom stereocenters. The lowest BCUT2D eigenvalue weighted by Gasteiger charge is -2.13. The van der Waals surface area contributed by atoms with E-state index in [-0.39, 0.29) is 6.04 Å². The molecule has 2 N–H and O–H groups in total. The van der Waals surface area contributed by atoms with Crippen molar-refractivity contribution < 1.29 is 19.4 Å². The summed E-state index contributed by atoms with van der Waals surface area (Å²) in [5.41, 5.74) is 0. The Bertz CT molecular complexity index is 206. The third-order valence-electron chi connectivity index (χ3n) is 2.62. The number of hydrogen-bond donors (Lipinski definition) is 2. The van der Waals surface area contributed by atoms with Crippen molar-refractivity contribution in [1.82, 2.24) is 5.32 Å². The monoisotopic (exact) mass is 231 g/mol. The molecule has 0 aromatic carbocycles. The lowest BCUT2D eigenvalue weighted by molar-refractivity contribution is -0.140. The lowest BCUT2D eigenvalue weighted by Crippen LogP contribution is -2.39. The summed E-state index contributed by atoms with van der Waals surface area (Å²) < 4.78 is 10.1. The molecule has 0 aromatic heterocycles. The first-order valence-corrected chi connectivity index (χ1v) is 5.78. The van der Waals surface area contributed by atoms with E-state index in [2.05, 4.69) is 5.32 Å². The van der Waals surface area contributed by atoms with Gasteiger partial charge >= 0.3 is 5.97 Å². The number of carboxylic acids is 1. The van der Waals surface area contributed by atoms with E-state index < -0.39 is 5.97 Å². The number of nitrogens with one attached hydrogen (secondary N) is 1. The zero-order valence-electron chi connectivity index (χ0n) is 9.78. The van der Waals surface area contributed by atoms with Crippen LogP contribution in [0.3, 0.4) is 0 Å². The molecule has 0 radical (unpaired) electrons. The van der Waals surface area contributed by atoms with Crippen LogP contribution < -0.4 is 5.32 Å². The second-order valence-corrected chi connectivity index (χ2v) is 4.07. The fraction of sp³-hybridized carbons (Fsp3) is 0.909. The molecule has 0 heterocycles. The van der Waals surface area contributed by atoms with Crippen molar-refractivity contribution in [2.24, 2.45) is 5.92 Å². The Morgan fingerprint density at radius 1 is 1.44 bits per heavy atom. The molecule has 0 amide bonds. The zero-order valence-corrected chi connectivity index (χ0v) is 9.78. The van der Waals surface area contributed by atoms with Gasteiger partial charge in [0.1, 0.15) is 6.04 Å². The molecule has 1 aliphatic carbocycles. The summed E-state index contributed by atoms with van der Waals surface area (Å²) in [4.78, 5) is 10.9. The molecule has 94 valence electrons. The van der Waals surface area contributed by atoms with E-state index in [0.717, 1.165) is 19.3 Å². The van der Waals surface area contributed by atoms with Gasteiger partial charge in [-0.05, 0) is 31.7 Å². The zero-order chi connectivity index (χ0) is 11.8. The van der Waals surface area contributed by atoms with Crippen LogP contribution >= 0.6 is 0 Å². The van der Waals surface area contributed by atoms with Gasteiger partial charge in [0, 0.05) is 13.7 Å². The minimum Gasteiger partial charge on any atom is -0.480 e. The Morgan fingerprint density at radius 2 is 2.19 bits per heavy atom. The molecular weight excluding hydrogens is 210 g/mol. The third kappa shape index (κ3) is 5.44. The van der Waals surface area contributed by atoms with Crippen molar-refractivity contribution in [1.29, 1.82) is 0 Å². The van der Waals surface area contributed by atoms with Gasteiger partial charge in [-0.3, -0.25) is 4.79 Å². The first-order chi connectivity index (χ1) is 7.75. The van der Waals surface area contributed by atoms with E-state index in [1.54, 1.807) is 7.11 Å². The van der Waals surface area contributed by atoms with Crippen molar-refractivity contribution in [2.45, 2.75) is 25.3 Å². The predicted octanol–water partition coefficient (Wildman–Crippen LogP) is 0.492. The second kappa shape index (κ2) is 7.60. The molecule has 0 saturated heterocycles. The maximum absolute atomic E-state index is 10.9. The Balaban J connectivity index is 1.94. The van der Waals surface area contributed by atoms with Crippen molar-refractivity contribution in [3.05, 3.63) is 0 Å². The van der Waals surface area contributed by atoms with Crippen LogP contribution in [0, 0.1) is 5.92 Å². The van der Waals surface area contributed by atoms with Gasteiger partial charge in [-0.25, -0.2) is 0 Å². The van der Waals surface area contributed by atoms with Gasteiger partial charge in [-0.15, -0.1) is 0 Å². The van der Waals surface area contributed by atoms with E-state index >= 15 is 0 Å². The normalized spacial score (nSPS) is 17.3. The maximum atomic E-state index is 10.9. The van der Waals surface area contributed by atoms with E-state index in [0.29, 0.717) is 32.3 Å². The molecule has 5 heteroatoms. The van der Waals surface area contributed by atoms with Gasteiger partial charge in [-0.2, -0.15) is 0 Å². The smallest absolute Gasteiger partial charge is 0.320 e. The van der Waals surface area contributed by atoms with Gasteiger partial charge in [0.15, 0.2) is 0 Å². The third-order valence-corrected chi connectivity index (χ3v) is 2.62. The predicted molar refractivity (Wildman–Crippen MR) is 59.5 cm³/mol. The van der Waals surface area contributed by atoms with Crippen LogP contribution in [0.1, 0.15) is 19.3 Å². The molecular formula is C11H21NO4. The summed E-state index contributed by atoms with van der Waals surface area (Å²) in [6.07, 6.45) is 2.91. The van der Waals surface area contributed by atoms with Gasteiger partial charge in [0.2, 0.25) is 0 Å². The second-order valence-electron chi connectivity index (χ2n) is 4.07. The number of rotatable bonds is 10. The summed E-state index contributed by atoms with van der Waals surface area (Å²) in [7, 11) is 1.64. The largest absolute Gasteiger partial charge is 0.480 e. The van der Waals surface area contributed by atoms with Crippen LogP contribution in [0.5, 0.6) is 0 Å². The number of carboxylic acid groups (broad SMARTS) is 1. The molecule has 16 heavy (non-hydrogen) atoms. The topological polar surface area (TPSA) is 67.8 Å². The highest BCUT2D eigenvalue weighted by Gasteiger charge is 2.35. The van der Waals surface area contributed by atoms with E-state index in [1.165, 1.54) is 0 Å². The molecule has 1 rings (SSSR count). The number of ether oxygens (including phenoxy) is 2. The minimum absolute atomic E-state index is 0.340. The number of aliphatic carboxylic acids is 1. The average Bonchev–Trinajstić information content (AvgIpc) is 3.05. The Kier molecular flexibility index (Phi) is 6.37. The highest BCUT2D eigenvalue weighted by atomic mass is 16.5. The molecule has 1 unspecified atom stereocenters. The molecule has 1 aliphatic rings. The standard InChI is InChI=1S/C11H21NO4/c1-15-7-8-16-6-2-5-12-10(11(13)14)9-3-4-9/h9-10,12H,2-8H2,1H3,(H,13,14). The average molecular weight is 231 g/mol. The Morgan fingerprint density at radius 3 is 2.75 bits per heavy atom. The number of methoxy groups -OCH3 is 1. The molecule has 1 saturated carbocycles. The summed E-state index contributed by atoms with van der Waals surface area (Å²) in [6.45, 7) is 2.54. The highest BCUT2D eigenvalue weighted by Crippen LogP contribution is 2.32. The van der Waals surface area contributed by atoms with Crippen LogP contribution in [-0.2, 0) is 14.3 Å². The molecule has 0 aromatic rings. The first-order valence-electron chi connectivity index (χ1n) is 5.78. The molecule has 0 aliphatic heterocycles. The lowest BCUT2D eigenvalue weighted by atomic mass is 10.2. The van der Waals surface area contributed by atoms with E-state index in [4.69, 9.17) is 14.6 Å². The number of hydrogen-bond acceptors (Lipinski definition) is 4. The Labute approximate surface area is 96.1 Å². The molecule has 1 fully saturated rings. The van der Waals surface area contributed by atoms with Crippen LogP contribution in [0.15, 0.2) is 0 Å². The first kappa shape index (κ1) is 13.4. The van der Waals surface area contributed by atoms with Crippen LogP contribution in [0.4, 0.5) is 0 Å². The molecule has 5 nitrogen and oxygen atoms in total. The molecule has 0 spiro atoms. The van der Waals surface area contributed by atoms with Crippen LogP contribution in [-0.4, -0.2) is 50.6 Å². The minimum atomic E-state index is -0.734. The van der Waals surface area contributed by atoms with Crippen molar-refractivity contribution in [2.75, 3.05) is 33.5 Å². The van der Waals surface area contributed by atoms with Gasteiger partial charge in [0.25, 0.3) is 0 Å². The SMILES string of the molecule is COCCOCCCNC(C(=O)O)C1CC1. The number of carbonyl (C=O) groups is 1. The van der Waals surface area contributed by atoms with E-state index in [1.807, 2.05) is 0 Å². The quantitative estimate of drug-likeness (QED) is 0.536. The van der Waals surface area contributed by atoms with Crippen LogP contribution in [0.25, 0.3) is 0 Å².